The first-order valence-electron chi connectivity index (χ1n) is 8.83. The second-order valence-electron chi connectivity index (χ2n) is 6.43. The molecule has 1 N–H and O–H groups in total. The van der Waals surface area contributed by atoms with Crippen molar-refractivity contribution in [1.29, 1.82) is 0 Å². The molecule has 0 spiro atoms. The fourth-order valence-electron chi connectivity index (χ4n) is 3.17. The number of carboxylic acid groups (broad SMARTS) is 1. The van der Waals surface area contributed by atoms with Gasteiger partial charge in [0, 0.05) is 37.6 Å². The normalized spacial score (nSPS) is 14.1. The fraction of sp³-hybridized carbons (Fsp3) is 0.300. The highest BCUT2D eigenvalue weighted by atomic mass is 19.1. The molecule has 1 amide bonds. The van der Waals surface area contributed by atoms with E-state index in [0.29, 0.717) is 31.9 Å². The summed E-state index contributed by atoms with van der Waals surface area (Å²) in [5.41, 5.74) is 1.64. The highest BCUT2D eigenvalue weighted by Gasteiger charge is 2.24. The summed E-state index contributed by atoms with van der Waals surface area (Å²) in [7, 11) is 0. The molecule has 0 unspecified atom stereocenters. The van der Waals surface area contributed by atoms with Crippen LogP contribution in [0.1, 0.15) is 0 Å². The molecule has 0 saturated carbocycles. The van der Waals surface area contributed by atoms with Gasteiger partial charge in [-0.2, -0.15) is 0 Å². The van der Waals surface area contributed by atoms with Gasteiger partial charge in [-0.05, 0) is 36.4 Å². The number of piperazine rings is 1. The van der Waals surface area contributed by atoms with Crippen LogP contribution in [0.2, 0.25) is 0 Å². The predicted octanol–water partition coefficient (Wildman–Crippen LogP) is 2.07. The van der Waals surface area contributed by atoms with Crippen molar-refractivity contribution in [3.05, 3.63) is 60.4 Å². The van der Waals surface area contributed by atoms with Crippen molar-refractivity contribution < 1.29 is 19.1 Å². The number of halogens is 1. The van der Waals surface area contributed by atoms with Crippen molar-refractivity contribution in [2.45, 2.75) is 0 Å². The number of benzene rings is 2. The minimum absolute atomic E-state index is 0.0207. The third kappa shape index (κ3) is 4.97. The molecule has 6 nitrogen and oxygen atoms in total. The standard InChI is InChI=1S/C20H22FN3O3/c21-16-6-8-18(9-7-16)22-10-12-23(13-11-22)19(25)14-24(15-20(26)27)17-4-2-1-3-5-17/h1-9H,10-15H2,(H,26,27). The number of nitrogens with zero attached hydrogens (tertiary/aromatic N) is 3. The van der Waals surface area contributed by atoms with Gasteiger partial charge in [0.05, 0.1) is 6.54 Å². The first kappa shape index (κ1) is 18.7. The monoisotopic (exact) mass is 371 g/mol. The predicted molar refractivity (Wildman–Crippen MR) is 101 cm³/mol. The van der Waals surface area contributed by atoms with Crippen LogP contribution in [0.3, 0.4) is 0 Å². The number of anilines is 2. The van der Waals surface area contributed by atoms with Gasteiger partial charge in [0.25, 0.3) is 0 Å². The number of carboxylic acids is 1. The highest BCUT2D eigenvalue weighted by Crippen LogP contribution is 2.18. The Balaban J connectivity index is 1.59. The van der Waals surface area contributed by atoms with Crippen molar-refractivity contribution in [3.63, 3.8) is 0 Å². The molecule has 1 heterocycles. The van der Waals surface area contributed by atoms with E-state index in [2.05, 4.69) is 4.90 Å². The number of rotatable bonds is 6. The van der Waals surface area contributed by atoms with E-state index in [9.17, 15) is 14.0 Å². The van der Waals surface area contributed by atoms with Gasteiger partial charge in [0.15, 0.2) is 0 Å². The van der Waals surface area contributed by atoms with Crippen molar-refractivity contribution >= 4 is 23.3 Å². The third-order valence-corrected chi connectivity index (χ3v) is 4.60. The highest BCUT2D eigenvalue weighted by molar-refractivity contribution is 5.84. The van der Waals surface area contributed by atoms with Crippen molar-refractivity contribution in [1.82, 2.24) is 4.90 Å². The van der Waals surface area contributed by atoms with Gasteiger partial charge < -0.3 is 19.8 Å². The van der Waals surface area contributed by atoms with Gasteiger partial charge >= 0.3 is 5.97 Å². The molecule has 0 aliphatic carbocycles. The zero-order chi connectivity index (χ0) is 19.2. The lowest BCUT2D eigenvalue weighted by Gasteiger charge is -2.37. The second-order valence-corrected chi connectivity index (χ2v) is 6.43. The van der Waals surface area contributed by atoms with Crippen LogP contribution < -0.4 is 9.80 Å². The lowest BCUT2D eigenvalue weighted by molar-refractivity contribution is -0.135. The molecule has 2 aromatic rings. The van der Waals surface area contributed by atoms with Crippen LogP contribution in [0.25, 0.3) is 0 Å². The summed E-state index contributed by atoms with van der Waals surface area (Å²) >= 11 is 0. The van der Waals surface area contributed by atoms with Crippen LogP contribution in [0.5, 0.6) is 0 Å². The first-order chi connectivity index (χ1) is 13.0. The second kappa shape index (κ2) is 8.53. The Morgan fingerprint density at radius 1 is 0.926 bits per heavy atom. The number of hydrogen-bond donors (Lipinski definition) is 1. The Morgan fingerprint density at radius 2 is 1.56 bits per heavy atom. The van der Waals surface area contributed by atoms with Crippen molar-refractivity contribution in [3.8, 4) is 0 Å². The van der Waals surface area contributed by atoms with E-state index >= 15 is 0 Å². The summed E-state index contributed by atoms with van der Waals surface area (Å²) in [6, 6.07) is 15.4. The number of carbonyl (C=O) groups excluding carboxylic acids is 1. The molecular weight excluding hydrogens is 349 g/mol. The summed E-state index contributed by atoms with van der Waals surface area (Å²) in [6.45, 7) is 2.19. The maximum absolute atomic E-state index is 13.1. The van der Waals surface area contributed by atoms with E-state index in [1.165, 1.54) is 12.1 Å². The lowest BCUT2D eigenvalue weighted by atomic mass is 10.2. The smallest absolute Gasteiger partial charge is 0.323 e. The Kier molecular flexibility index (Phi) is 5.90. The minimum atomic E-state index is -0.979. The van der Waals surface area contributed by atoms with E-state index in [1.807, 2.05) is 18.2 Å². The van der Waals surface area contributed by atoms with Crippen LogP contribution in [0.15, 0.2) is 54.6 Å². The molecule has 2 aromatic carbocycles. The largest absolute Gasteiger partial charge is 0.480 e. The number of aliphatic carboxylic acids is 1. The average Bonchev–Trinajstić information content (AvgIpc) is 2.68. The molecule has 142 valence electrons. The number of amides is 1. The van der Waals surface area contributed by atoms with Crippen LogP contribution in [0.4, 0.5) is 15.8 Å². The van der Waals surface area contributed by atoms with E-state index in [1.54, 1.807) is 34.1 Å². The molecule has 0 atom stereocenters. The Labute approximate surface area is 157 Å². The van der Waals surface area contributed by atoms with E-state index < -0.39 is 5.97 Å². The molecule has 0 radical (unpaired) electrons. The maximum atomic E-state index is 13.1. The number of hydrogen-bond acceptors (Lipinski definition) is 4. The van der Waals surface area contributed by atoms with E-state index in [4.69, 9.17) is 5.11 Å². The number of para-hydroxylation sites is 1. The SMILES string of the molecule is O=C(O)CN(CC(=O)N1CCN(c2ccc(F)cc2)CC1)c1ccccc1. The van der Waals surface area contributed by atoms with Crippen molar-refractivity contribution in [2.24, 2.45) is 0 Å². The average molecular weight is 371 g/mol. The molecule has 7 heteroatoms. The molecule has 0 bridgehead atoms. The Hall–Kier alpha value is -3.09. The molecule has 27 heavy (non-hydrogen) atoms. The van der Waals surface area contributed by atoms with Gasteiger partial charge in [-0.1, -0.05) is 18.2 Å². The van der Waals surface area contributed by atoms with Crippen molar-refractivity contribution in [2.75, 3.05) is 49.1 Å². The minimum Gasteiger partial charge on any atom is -0.480 e. The zero-order valence-corrected chi connectivity index (χ0v) is 14.9. The molecule has 1 saturated heterocycles. The topological polar surface area (TPSA) is 64.1 Å². The first-order valence-corrected chi connectivity index (χ1v) is 8.83. The maximum Gasteiger partial charge on any atom is 0.323 e. The quantitative estimate of drug-likeness (QED) is 0.842. The third-order valence-electron chi connectivity index (χ3n) is 4.60. The van der Waals surface area contributed by atoms with Gasteiger partial charge in [-0.15, -0.1) is 0 Å². The lowest BCUT2D eigenvalue weighted by Crippen LogP contribution is -2.51. The molecule has 1 fully saturated rings. The van der Waals surface area contributed by atoms with Crippen LogP contribution >= 0.6 is 0 Å². The van der Waals surface area contributed by atoms with Crippen LogP contribution in [-0.4, -0.2) is 61.2 Å². The molecule has 1 aliphatic heterocycles. The fourth-order valence-corrected chi connectivity index (χ4v) is 3.17. The number of carbonyl (C=O) groups is 2. The van der Waals surface area contributed by atoms with E-state index in [0.717, 1.165) is 5.69 Å². The summed E-state index contributed by atoms with van der Waals surface area (Å²) in [5.74, 6) is -1.35. The van der Waals surface area contributed by atoms with Gasteiger partial charge in [-0.3, -0.25) is 9.59 Å². The molecule has 3 rings (SSSR count). The molecule has 0 aromatic heterocycles. The summed E-state index contributed by atoms with van der Waals surface area (Å²) in [6.07, 6.45) is 0. The Morgan fingerprint density at radius 3 is 2.15 bits per heavy atom. The Bertz CT molecular complexity index is 775. The molecule has 1 aliphatic rings. The van der Waals surface area contributed by atoms with E-state index in [-0.39, 0.29) is 24.8 Å². The van der Waals surface area contributed by atoms with Gasteiger partial charge in [-0.25, -0.2) is 4.39 Å². The van der Waals surface area contributed by atoms with Gasteiger partial charge in [0.2, 0.25) is 5.91 Å². The van der Waals surface area contributed by atoms with Crippen LogP contribution in [-0.2, 0) is 9.59 Å². The zero-order valence-electron chi connectivity index (χ0n) is 14.9. The summed E-state index contributed by atoms with van der Waals surface area (Å²) < 4.78 is 13.1. The molecular formula is C20H22FN3O3. The van der Waals surface area contributed by atoms with Gasteiger partial charge in [0.1, 0.15) is 12.4 Å². The summed E-state index contributed by atoms with van der Waals surface area (Å²) in [4.78, 5) is 29.3. The van der Waals surface area contributed by atoms with Crippen LogP contribution in [0, 0.1) is 5.82 Å². The summed E-state index contributed by atoms with van der Waals surface area (Å²) in [5, 5.41) is 9.15.